The van der Waals surface area contributed by atoms with Crippen molar-refractivity contribution in [2.24, 2.45) is 0 Å². The normalized spacial score (nSPS) is 10.8. The SMILES string of the molecule is N#Cc1ccc(CSc2nnc(-c3ccc(Cl)cc3Cl)n2-c2ccc(F)c(Cl)c2)cc1. The second-order valence-corrected chi connectivity index (χ2v) is 8.65. The summed E-state index contributed by atoms with van der Waals surface area (Å²) in [5, 5.41) is 19.1. The molecule has 0 saturated carbocycles. The van der Waals surface area contributed by atoms with Gasteiger partial charge in [0.15, 0.2) is 11.0 Å². The van der Waals surface area contributed by atoms with Crippen molar-refractivity contribution < 1.29 is 4.39 Å². The quantitative estimate of drug-likeness (QED) is 0.278. The highest BCUT2D eigenvalue weighted by atomic mass is 35.5. The molecule has 31 heavy (non-hydrogen) atoms. The lowest BCUT2D eigenvalue weighted by Crippen LogP contribution is -2.01. The van der Waals surface area contributed by atoms with E-state index in [4.69, 9.17) is 40.1 Å². The third kappa shape index (κ3) is 4.70. The second-order valence-electron chi connectivity index (χ2n) is 6.46. The zero-order valence-electron chi connectivity index (χ0n) is 15.7. The van der Waals surface area contributed by atoms with Crippen molar-refractivity contribution in [2.75, 3.05) is 0 Å². The molecule has 154 valence electrons. The van der Waals surface area contributed by atoms with Crippen LogP contribution >= 0.6 is 46.6 Å². The molecule has 4 nitrogen and oxygen atoms in total. The van der Waals surface area contributed by atoms with Gasteiger partial charge in [0.2, 0.25) is 0 Å². The molecular weight excluding hydrogens is 478 g/mol. The molecular formula is C22H12Cl3FN4S. The molecule has 0 aliphatic carbocycles. The van der Waals surface area contributed by atoms with E-state index in [2.05, 4.69) is 16.3 Å². The average molecular weight is 490 g/mol. The van der Waals surface area contributed by atoms with Crippen molar-refractivity contribution in [3.63, 3.8) is 0 Å². The summed E-state index contributed by atoms with van der Waals surface area (Å²) >= 11 is 19.9. The number of nitrogens with zero attached hydrogens (tertiary/aromatic N) is 4. The smallest absolute Gasteiger partial charge is 0.196 e. The molecule has 1 aromatic heterocycles. The third-order valence-corrected chi connectivity index (χ3v) is 6.26. The first-order valence-corrected chi connectivity index (χ1v) is 11.1. The van der Waals surface area contributed by atoms with Crippen molar-refractivity contribution in [3.05, 3.63) is 92.7 Å². The molecule has 0 atom stereocenters. The standard InChI is InChI=1S/C22H12Cl3FN4S/c23-15-5-7-17(18(24)9-15)21-28-29-22(30(21)16-6-8-20(26)19(25)10-16)31-12-14-3-1-13(11-27)2-4-14/h1-10H,12H2. The maximum absolute atomic E-state index is 13.8. The van der Waals surface area contributed by atoms with Crippen LogP contribution in [0, 0.1) is 17.1 Å². The van der Waals surface area contributed by atoms with Crippen molar-refractivity contribution in [1.82, 2.24) is 14.8 Å². The Bertz CT molecular complexity index is 1300. The minimum Gasteiger partial charge on any atom is -0.270 e. The van der Waals surface area contributed by atoms with Gasteiger partial charge in [-0.25, -0.2) is 4.39 Å². The summed E-state index contributed by atoms with van der Waals surface area (Å²) in [6.45, 7) is 0. The van der Waals surface area contributed by atoms with Crippen LogP contribution in [0.15, 0.2) is 65.8 Å². The molecule has 9 heteroatoms. The summed E-state index contributed by atoms with van der Waals surface area (Å²) in [7, 11) is 0. The van der Waals surface area contributed by atoms with E-state index in [9.17, 15) is 4.39 Å². The van der Waals surface area contributed by atoms with Crippen molar-refractivity contribution in [2.45, 2.75) is 10.9 Å². The summed E-state index contributed by atoms with van der Waals surface area (Å²) < 4.78 is 15.5. The first kappa shape index (κ1) is 21.7. The van der Waals surface area contributed by atoms with Gasteiger partial charge in [0.1, 0.15) is 5.82 Å². The highest BCUT2D eigenvalue weighted by Gasteiger charge is 2.19. The minimum atomic E-state index is -0.517. The van der Waals surface area contributed by atoms with Crippen LogP contribution < -0.4 is 0 Å². The minimum absolute atomic E-state index is 0.0117. The van der Waals surface area contributed by atoms with Gasteiger partial charge in [0, 0.05) is 16.3 Å². The summed E-state index contributed by atoms with van der Waals surface area (Å²) in [6, 6.07) is 18.9. The van der Waals surface area contributed by atoms with E-state index < -0.39 is 5.82 Å². The van der Waals surface area contributed by atoms with Crippen molar-refractivity contribution >= 4 is 46.6 Å². The third-order valence-electron chi connectivity index (χ3n) is 4.42. The molecule has 0 bridgehead atoms. The van der Waals surface area contributed by atoms with Crippen LogP contribution in [0.25, 0.3) is 17.1 Å². The first-order chi connectivity index (χ1) is 15.0. The molecule has 0 radical (unpaired) electrons. The van der Waals surface area contributed by atoms with Crippen LogP contribution in [0.4, 0.5) is 4.39 Å². The lowest BCUT2D eigenvalue weighted by atomic mass is 10.2. The van der Waals surface area contributed by atoms with Crippen LogP contribution in [0.5, 0.6) is 0 Å². The van der Waals surface area contributed by atoms with Gasteiger partial charge < -0.3 is 0 Å². The highest BCUT2D eigenvalue weighted by molar-refractivity contribution is 7.98. The monoisotopic (exact) mass is 488 g/mol. The fourth-order valence-corrected chi connectivity index (χ4v) is 4.46. The van der Waals surface area contributed by atoms with Gasteiger partial charge in [0.25, 0.3) is 0 Å². The number of aromatic nitrogens is 3. The van der Waals surface area contributed by atoms with Crippen molar-refractivity contribution in [1.29, 1.82) is 5.26 Å². The first-order valence-electron chi connectivity index (χ1n) is 8.94. The van der Waals surface area contributed by atoms with E-state index in [0.717, 1.165) is 5.56 Å². The Morgan fingerprint density at radius 1 is 0.935 bits per heavy atom. The van der Waals surface area contributed by atoms with Crippen LogP contribution in [-0.2, 0) is 5.75 Å². The van der Waals surface area contributed by atoms with E-state index in [-0.39, 0.29) is 5.02 Å². The Balaban J connectivity index is 1.76. The summed E-state index contributed by atoms with van der Waals surface area (Å²) in [4.78, 5) is 0. The lowest BCUT2D eigenvalue weighted by molar-refractivity contribution is 0.627. The Morgan fingerprint density at radius 3 is 2.39 bits per heavy atom. The van der Waals surface area contributed by atoms with Crippen LogP contribution in [-0.4, -0.2) is 14.8 Å². The van der Waals surface area contributed by atoms with Crippen LogP contribution in [0.1, 0.15) is 11.1 Å². The fraction of sp³-hybridized carbons (Fsp3) is 0.0455. The lowest BCUT2D eigenvalue weighted by Gasteiger charge is -2.12. The van der Waals surface area contributed by atoms with Crippen LogP contribution in [0.3, 0.4) is 0 Å². The van der Waals surface area contributed by atoms with Crippen LogP contribution in [0.2, 0.25) is 15.1 Å². The van der Waals surface area contributed by atoms with E-state index in [1.165, 1.54) is 23.9 Å². The van der Waals surface area contributed by atoms with E-state index >= 15 is 0 Å². The topological polar surface area (TPSA) is 54.5 Å². The summed E-state index contributed by atoms with van der Waals surface area (Å²) in [6.07, 6.45) is 0. The fourth-order valence-electron chi connectivity index (χ4n) is 2.89. The molecule has 0 N–H and O–H groups in total. The van der Waals surface area contributed by atoms with E-state index in [0.29, 0.717) is 43.6 Å². The predicted octanol–water partition coefficient (Wildman–Crippen LogP) is 7.20. The van der Waals surface area contributed by atoms with Gasteiger partial charge in [-0.05, 0) is 54.1 Å². The average Bonchev–Trinajstić information content (AvgIpc) is 3.18. The van der Waals surface area contributed by atoms with E-state index in [1.54, 1.807) is 41.0 Å². The molecule has 4 aromatic rings. The van der Waals surface area contributed by atoms with Gasteiger partial charge in [-0.3, -0.25) is 4.57 Å². The number of thioether (sulfide) groups is 1. The number of benzene rings is 3. The van der Waals surface area contributed by atoms with Gasteiger partial charge >= 0.3 is 0 Å². The number of halogens is 4. The van der Waals surface area contributed by atoms with Gasteiger partial charge in [-0.2, -0.15) is 5.26 Å². The summed E-state index contributed by atoms with van der Waals surface area (Å²) in [5.74, 6) is 0.552. The van der Waals surface area contributed by atoms with Gasteiger partial charge in [0.05, 0.1) is 27.4 Å². The maximum atomic E-state index is 13.8. The van der Waals surface area contributed by atoms with Crippen molar-refractivity contribution in [3.8, 4) is 23.1 Å². The molecule has 1 heterocycles. The maximum Gasteiger partial charge on any atom is 0.196 e. The highest BCUT2D eigenvalue weighted by Crippen LogP contribution is 2.35. The zero-order chi connectivity index (χ0) is 22.0. The second kappa shape index (κ2) is 9.29. The molecule has 0 aliphatic rings. The molecule has 0 unspecified atom stereocenters. The Morgan fingerprint density at radius 2 is 1.71 bits per heavy atom. The van der Waals surface area contributed by atoms with Gasteiger partial charge in [-0.1, -0.05) is 58.7 Å². The molecule has 0 fully saturated rings. The summed E-state index contributed by atoms with van der Waals surface area (Å²) in [5.41, 5.74) is 2.84. The Labute approximate surface area is 197 Å². The largest absolute Gasteiger partial charge is 0.270 e. The predicted molar refractivity (Wildman–Crippen MR) is 123 cm³/mol. The van der Waals surface area contributed by atoms with Gasteiger partial charge in [-0.15, -0.1) is 10.2 Å². The Kier molecular flexibility index (Phi) is 6.49. The number of hydrogen-bond donors (Lipinski definition) is 0. The Hall–Kier alpha value is -2.56. The molecule has 0 saturated heterocycles. The molecule has 3 aromatic carbocycles. The zero-order valence-corrected chi connectivity index (χ0v) is 18.8. The molecule has 0 aliphatic heterocycles. The number of rotatable bonds is 5. The molecule has 0 spiro atoms. The number of hydrogen-bond acceptors (Lipinski definition) is 4. The van der Waals surface area contributed by atoms with E-state index in [1.807, 2.05) is 12.1 Å². The molecule has 0 amide bonds. The number of nitriles is 1. The molecule has 4 rings (SSSR count).